The average molecular weight is 417 g/mol. The van der Waals surface area contributed by atoms with E-state index in [1.165, 1.54) is 18.2 Å². The second-order valence-corrected chi connectivity index (χ2v) is 7.28. The number of nitrogens with one attached hydrogen (secondary N) is 2. The lowest BCUT2D eigenvalue weighted by atomic mass is 9.86. The highest BCUT2D eigenvalue weighted by molar-refractivity contribution is 5.92. The Morgan fingerprint density at radius 3 is 2.60 bits per heavy atom. The fourth-order valence-electron chi connectivity index (χ4n) is 3.72. The Labute approximate surface area is 172 Å². The van der Waals surface area contributed by atoms with Gasteiger partial charge in [0.25, 0.3) is 11.5 Å². The quantitative estimate of drug-likeness (QED) is 0.577. The van der Waals surface area contributed by atoms with E-state index in [-0.39, 0.29) is 34.3 Å². The Balaban J connectivity index is 1.84. The number of aromatic amines is 2. The zero-order valence-electron chi connectivity index (χ0n) is 16.7. The number of benzene rings is 1. The van der Waals surface area contributed by atoms with E-state index in [9.17, 15) is 18.4 Å². The first-order valence-corrected chi connectivity index (χ1v) is 9.78. The van der Waals surface area contributed by atoms with Crippen molar-refractivity contribution in [3.63, 3.8) is 0 Å². The van der Waals surface area contributed by atoms with Crippen LogP contribution in [0.15, 0.2) is 46.4 Å². The molecule has 6 N–H and O–H groups in total. The van der Waals surface area contributed by atoms with Crippen molar-refractivity contribution in [1.29, 1.82) is 0 Å². The molecule has 1 heterocycles. The monoisotopic (exact) mass is 417 g/mol. The summed E-state index contributed by atoms with van der Waals surface area (Å²) in [6.45, 7) is 2.63. The minimum atomic E-state index is -0.737. The Morgan fingerprint density at radius 1 is 1.30 bits per heavy atom. The number of hydrogen-bond acceptors (Lipinski definition) is 4. The molecular formula is C21H25F2N5O2. The van der Waals surface area contributed by atoms with Crippen LogP contribution < -0.4 is 17.0 Å². The Kier molecular flexibility index (Phi) is 6.39. The van der Waals surface area contributed by atoms with Crippen LogP contribution >= 0.6 is 0 Å². The number of amides is 1. The lowest BCUT2D eigenvalue weighted by Gasteiger charge is -2.30. The first-order valence-electron chi connectivity index (χ1n) is 9.78. The van der Waals surface area contributed by atoms with Gasteiger partial charge in [0, 0.05) is 36.5 Å². The number of rotatable bonds is 6. The summed E-state index contributed by atoms with van der Waals surface area (Å²) >= 11 is 0. The average Bonchev–Trinajstić information content (AvgIpc) is 3.14. The zero-order chi connectivity index (χ0) is 21.8. The smallest absolute Gasteiger partial charge is 0.271 e. The van der Waals surface area contributed by atoms with E-state index in [0.29, 0.717) is 30.8 Å². The Morgan fingerprint density at radius 2 is 2.00 bits per heavy atom. The fraction of sp³-hybridized carbons (Fsp3) is 0.333. The van der Waals surface area contributed by atoms with Crippen LogP contribution in [0, 0.1) is 17.6 Å². The zero-order valence-corrected chi connectivity index (χ0v) is 16.7. The minimum absolute atomic E-state index is 0.0301. The summed E-state index contributed by atoms with van der Waals surface area (Å²) in [5, 5.41) is 4.91. The second-order valence-electron chi connectivity index (χ2n) is 7.28. The van der Waals surface area contributed by atoms with Gasteiger partial charge < -0.3 is 16.4 Å². The molecule has 0 saturated heterocycles. The van der Waals surface area contributed by atoms with Gasteiger partial charge >= 0.3 is 0 Å². The molecule has 2 aromatic rings. The number of carbonyl (C=O) groups is 1. The van der Waals surface area contributed by atoms with E-state index < -0.39 is 11.6 Å². The molecule has 1 aromatic heterocycles. The number of H-pyrrole nitrogens is 2. The number of halogens is 2. The van der Waals surface area contributed by atoms with Crippen molar-refractivity contribution in [2.45, 2.75) is 26.2 Å². The molecule has 1 amide bonds. The van der Waals surface area contributed by atoms with Crippen LogP contribution in [0.3, 0.4) is 0 Å². The van der Waals surface area contributed by atoms with Gasteiger partial charge in [-0.05, 0) is 50.0 Å². The molecule has 0 saturated carbocycles. The molecule has 0 fully saturated rings. The van der Waals surface area contributed by atoms with Gasteiger partial charge in [-0.25, -0.2) is 8.78 Å². The summed E-state index contributed by atoms with van der Waals surface area (Å²) in [5.74, 6) is -1.91. The van der Waals surface area contributed by atoms with Crippen LogP contribution in [0.4, 0.5) is 8.78 Å². The molecular weight excluding hydrogens is 392 g/mol. The predicted molar refractivity (Wildman–Crippen MR) is 110 cm³/mol. The highest BCUT2D eigenvalue weighted by Gasteiger charge is 2.26. The maximum Gasteiger partial charge on any atom is 0.271 e. The van der Waals surface area contributed by atoms with Gasteiger partial charge in [0.05, 0.1) is 5.56 Å². The lowest BCUT2D eigenvalue weighted by molar-refractivity contribution is 0.0735. The molecule has 0 bridgehead atoms. The van der Waals surface area contributed by atoms with E-state index in [1.54, 1.807) is 4.90 Å². The molecule has 1 atom stereocenters. The molecule has 9 heteroatoms. The van der Waals surface area contributed by atoms with Crippen LogP contribution in [-0.4, -0.2) is 34.1 Å². The van der Waals surface area contributed by atoms with Crippen LogP contribution in [-0.2, 0) is 0 Å². The van der Waals surface area contributed by atoms with E-state index in [2.05, 4.69) is 10.2 Å². The normalized spacial score (nSPS) is 17.3. The van der Waals surface area contributed by atoms with Crippen molar-refractivity contribution >= 4 is 11.6 Å². The number of aromatic nitrogens is 2. The molecule has 0 spiro atoms. The highest BCUT2D eigenvalue weighted by Crippen LogP contribution is 2.30. The highest BCUT2D eigenvalue weighted by atomic mass is 19.1. The van der Waals surface area contributed by atoms with E-state index in [4.69, 9.17) is 11.5 Å². The van der Waals surface area contributed by atoms with Crippen LogP contribution in [0.1, 0.15) is 42.2 Å². The van der Waals surface area contributed by atoms with Crippen molar-refractivity contribution in [2.75, 3.05) is 13.1 Å². The van der Waals surface area contributed by atoms with Crippen LogP contribution in [0.25, 0.3) is 5.70 Å². The van der Waals surface area contributed by atoms with Gasteiger partial charge in [-0.2, -0.15) is 0 Å². The van der Waals surface area contributed by atoms with Crippen molar-refractivity contribution in [3.8, 4) is 0 Å². The number of nitrogens with two attached hydrogens (primary N) is 2. The SMILES string of the molecule is CCN(CC1CCCC(/C=C(\N)c2c(F)cccc2F)=C1N)C(=O)c1cc(=O)[nH][nH]1. The third-order valence-electron chi connectivity index (χ3n) is 5.33. The molecule has 160 valence electrons. The standard InChI is InChI=1S/C21H25F2N5O2/c1-2-28(21(30)17-10-18(29)27-26-17)11-13-6-3-5-12(20(13)25)9-16(24)19-14(22)7-4-8-15(19)23/h4,7-10,13H,2-3,5-6,11,24-25H2,1H3,(H2,26,27,29)/b16-9-. The molecule has 1 aliphatic carbocycles. The Bertz CT molecular complexity index is 1030. The Hall–Kier alpha value is -3.36. The summed E-state index contributed by atoms with van der Waals surface area (Å²) < 4.78 is 28.0. The molecule has 1 aromatic carbocycles. The summed E-state index contributed by atoms with van der Waals surface area (Å²) in [6, 6.07) is 4.79. The summed E-state index contributed by atoms with van der Waals surface area (Å²) in [7, 11) is 0. The number of carbonyl (C=O) groups excluding carboxylic acids is 1. The maximum absolute atomic E-state index is 14.0. The van der Waals surface area contributed by atoms with Crippen LogP contribution in [0.5, 0.6) is 0 Å². The van der Waals surface area contributed by atoms with Crippen LogP contribution in [0.2, 0.25) is 0 Å². The fourth-order valence-corrected chi connectivity index (χ4v) is 3.72. The van der Waals surface area contributed by atoms with Crippen molar-refractivity contribution in [3.05, 3.63) is 74.9 Å². The van der Waals surface area contributed by atoms with Gasteiger partial charge in [0.15, 0.2) is 0 Å². The van der Waals surface area contributed by atoms with E-state index in [1.807, 2.05) is 6.92 Å². The van der Waals surface area contributed by atoms with Crippen molar-refractivity contribution in [1.82, 2.24) is 15.1 Å². The molecule has 30 heavy (non-hydrogen) atoms. The molecule has 1 aliphatic rings. The first-order chi connectivity index (χ1) is 14.3. The van der Waals surface area contributed by atoms with Gasteiger partial charge in [0.1, 0.15) is 17.3 Å². The third-order valence-corrected chi connectivity index (χ3v) is 5.33. The molecule has 0 aliphatic heterocycles. The summed E-state index contributed by atoms with van der Waals surface area (Å²) in [4.78, 5) is 25.6. The molecule has 7 nitrogen and oxygen atoms in total. The molecule has 3 rings (SSSR count). The van der Waals surface area contributed by atoms with E-state index >= 15 is 0 Å². The van der Waals surface area contributed by atoms with Crippen molar-refractivity contribution in [2.24, 2.45) is 17.4 Å². The first kappa shape index (κ1) is 21.4. The van der Waals surface area contributed by atoms with Gasteiger partial charge in [-0.1, -0.05) is 6.07 Å². The van der Waals surface area contributed by atoms with Gasteiger partial charge in [-0.3, -0.25) is 19.8 Å². The number of hydrogen-bond donors (Lipinski definition) is 4. The predicted octanol–water partition coefficient (Wildman–Crippen LogP) is 2.46. The summed E-state index contributed by atoms with van der Waals surface area (Å²) in [6.07, 6.45) is 3.72. The topological polar surface area (TPSA) is 121 Å². The van der Waals surface area contributed by atoms with Crippen molar-refractivity contribution < 1.29 is 13.6 Å². The largest absolute Gasteiger partial charge is 0.402 e. The number of nitrogens with zero attached hydrogens (tertiary/aromatic N) is 1. The minimum Gasteiger partial charge on any atom is -0.402 e. The maximum atomic E-state index is 14.0. The second kappa shape index (κ2) is 8.98. The molecule has 1 unspecified atom stereocenters. The number of allylic oxidation sites excluding steroid dienone is 2. The molecule has 0 radical (unpaired) electrons. The van der Waals surface area contributed by atoms with Gasteiger partial charge in [-0.15, -0.1) is 0 Å². The summed E-state index contributed by atoms with van der Waals surface area (Å²) in [5.41, 5.74) is 13.1. The van der Waals surface area contributed by atoms with Gasteiger partial charge in [0.2, 0.25) is 0 Å². The van der Waals surface area contributed by atoms with E-state index in [0.717, 1.165) is 25.0 Å². The lowest BCUT2D eigenvalue weighted by Crippen LogP contribution is -2.38. The third kappa shape index (κ3) is 4.45.